The van der Waals surface area contributed by atoms with Gasteiger partial charge in [0.25, 0.3) is 0 Å². The molecule has 1 aliphatic rings. The quantitative estimate of drug-likeness (QED) is 0.901. The molecular formula is C12H15F3N4O2. The van der Waals surface area contributed by atoms with Gasteiger partial charge in [-0.05, 0) is 13.0 Å². The summed E-state index contributed by atoms with van der Waals surface area (Å²) in [5.74, 6) is -0.897. The van der Waals surface area contributed by atoms with Gasteiger partial charge in [-0.3, -0.25) is 9.69 Å². The first-order valence-corrected chi connectivity index (χ1v) is 6.41. The van der Waals surface area contributed by atoms with Crippen molar-refractivity contribution in [2.24, 2.45) is 0 Å². The van der Waals surface area contributed by atoms with Crippen molar-refractivity contribution < 1.29 is 23.1 Å². The molecule has 116 valence electrons. The van der Waals surface area contributed by atoms with E-state index in [1.54, 1.807) is 16.7 Å². The number of aromatic nitrogens is 2. The minimum absolute atomic E-state index is 0.0208. The zero-order chi connectivity index (χ0) is 15.6. The van der Waals surface area contributed by atoms with E-state index in [1.807, 2.05) is 0 Å². The van der Waals surface area contributed by atoms with Crippen molar-refractivity contribution >= 4 is 11.9 Å². The molecule has 0 saturated carbocycles. The van der Waals surface area contributed by atoms with E-state index in [-0.39, 0.29) is 5.95 Å². The number of aliphatic carboxylic acids is 1. The first kappa shape index (κ1) is 15.5. The van der Waals surface area contributed by atoms with Gasteiger partial charge >= 0.3 is 12.1 Å². The number of carboxylic acid groups (broad SMARTS) is 1. The Kier molecular flexibility index (Phi) is 4.31. The summed E-state index contributed by atoms with van der Waals surface area (Å²) in [4.78, 5) is 21.7. The van der Waals surface area contributed by atoms with Crippen molar-refractivity contribution in [3.8, 4) is 0 Å². The lowest BCUT2D eigenvalue weighted by Crippen LogP contribution is -2.52. The Morgan fingerprint density at radius 2 is 1.95 bits per heavy atom. The number of hydrogen-bond acceptors (Lipinski definition) is 5. The lowest BCUT2D eigenvalue weighted by Gasteiger charge is -2.36. The van der Waals surface area contributed by atoms with Gasteiger partial charge in [-0.25, -0.2) is 9.97 Å². The first-order valence-electron chi connectivity index (χ1n) is 6.41. The molecule has 1 aromatic rings. The number of halogens is 3. The number of carbonyl (C=O) groups is 1. The van der Waals surface area contributed by atoms with E-state index in [9.17, 15) is 18.0 Å². The lowest BCUT2D eigenvalue weighted by atomic mass is 10.2. The molecule has 0 bridgehead atoms. The highest BCUT2D eigenvalue weighted by Gasteiger charge is 2.33. The van der Waals surface area contributed by atoms with E-state index >= 15 is 0 Å². The van der Waals surface area contributed by atoms with E-state index < -0.39 is 23.9 Å². The Morgan fingerprint density at radius 1 is 1.33 bits per heavy atom. The number of alkyl halides is 3. The van der Waals surface area contributed by atoms with Gasteiger partial charge in [0.2, 0.25) is 5.95 Å². The highest BCUT2D eigenvalue weighted by atomic mass is 19.4. The zero-order valence-corrected chi connectivity index (χ0v) is 11.3. The molecule has 0 aliphatic carbocycles. The van der Waals surface area contributed by atoms with Crippen molar-refractivity contribution in [2.75, 3.05) is 31.1 Å². The molecule has 0 amide bonds. The van der Waals surface area contributed by atoms with Crippen molar-refractivity contribution in [3.05, 3.63) is 18.0 Å². The fourth-order valence-corrected chi connectivity index (χ4v) is 2.12. The SMILES string of the molecule is CC(C(=O)O)N1CCN(c2nccc(C(F)(F)F)n2)CC1. The molecule has 1 aliphatic heterocycles. The number of hydrogen-bond donors (Lipinski definition) is 1. The molecule has 1 saturated heterocycles. The smallest absolute Gasteiger partial charge is 0.433 e. The van der Waals surface area contributed by atoms with Crippen LogP contribution >= 0.6 is 0 Å². The predicted molar refractivity (Wildman–Crippen MR) is 67.9 cm³/mol. The molecule has 0 aromatic carbocycles. The second kappa shape index (κ2) is 5.84. The van der Waals surface area contributed by atoms with Crippen LogP contribution < -0.4 is 4.90 Å². The van der Waals surface area contributed by atoms with Crippen LogP contribution in [0.2, 0.25) is 0 Å². The molecular weight excluding hydrogens is 289 g/mol. The molecule has 21 heavy (non-hydrogen) atoms. The number of anilines is 1. The highest BCUT2D eigenvalue weighted by Crippen LogP contribution is 2.28. The molecule has 1 atom stereocenters. The third-order valence-corrected chi connectivity index (χ3v) is 3.44. The van der Waals surface area contributed by atoms with E-state index in [2.05, 4.69) is 9.97 Å². The maximum atomic E-state index is 12.6. The van der Waals surface area contributed by atoms with Crippen LogP contribution in [0.1, 0.15) is 12.6 Å². The van der Waals surface area contributed by atoms with E-state index in [0.29, 0.717) is 26.2 Å². The molecule has 1 fully saturated rings. The lowest BCUT2D eigenvalue weighted by molar-refractivity contribution is -0.143. The van der Waals surface area contributed by atoms with Crippen LogP contribution in [0.5, 0.6) is 0 Å². The summed E-state index contributed by atoms with van der Waals surface area (Å²) in [5.41, 5.74) is -0.978. The van der Waals surface area contributed by atoms with Crippen LogP contribution in [0.4, 0.5) is 19.1 Å². The Balaban J connectivity index is 2.04. The van der Waals surface area contributed by atoms with Gasteiger partial charge in [0, 0.05) is 32.4 Å². The van der Waals surface area contributed by atoms with E-state index in [4.69, 9.17) is 5.11 Å². The number of piperazine rings is 1. The maximum absolute atomic E-state index is 12.6. The monoisotopic (exact) mass is 304 g/mol. The number of rotatable bonds is 3. The summed E-state index contributed by atoms with van der Waals surface area (Å²) in [6.07, 6.45) is -3.42. The fraction of sp³-hybridized carbons (Fsp3) is 0.583. The van der Waals surface area contributed by atoms with Crippen molar-refractivity contribution in [2.45, 2.75) is 19.1 Å². The van der Waals surface area contributed by atoms with Gasteiger partial charge in [-0.1, -0.05) is 0 Å². The van der Waals surface area contributed by atoms with Crippen LogP contribution in [0.25, 0.3) is 0 Å². The average molecular weight is 304 g/mol. The zero-order valence-electron chi connectivity index (χ0n) is 11.3. The van der Waals surface area contributed by atoms with Crippen LogP contribution in [-0.4, -0.2) is 58.2 Å². The molecule has 6 nitrogen and oxygen atoms in total. The Labute approximate surface area is 119 Å². The van der Waals surface area contributed by atoms with Gasteiger partial charge in [0.1, 0.15) is 11.7 Å². The topological polar surface area (TPSA) is 69.6 Å². The van der Waals surface area contributed by atoms with Crippen LogP contribution in [0.3, 0.4) is 0 Å². The molecule has 1 N–H and O–H groups in total. The second-order valence-corrected chi connectivity index (χ2v) is 4.78. The first-order chi connectivity index (χ1) is 9.79. The standard InChI is InChI=1S/C12H15F3N4O2/c1-8(10(20)21)18-4-6-19(7-5-18)11-16-3-2-9(17-11)12(13,14)15/h2-3,8H,4-7H2,1H3,(H,20,21). The summed E-state index contributed by atoms with van der Waals surface area (Å²) in [7, 11) is 0. The van der Waals surface area contributed by atoms with Crippen LogP contribution in [0, 0.1) is 0 Å². The Hall–Kier alpha value is -1.90. The number of nitrogens with zero attached hydrogens (tertiary/aromatic N) is 4. The van der Waals surface area contributed by atoms with E-state index in [0.717, 1.165) is 12.3 Å². The minimum atomic E-state index is -4.50. The van der Waals surface area contributed by atoms with Crippen LogP contribution in [0.15, 0.2) is 12.3 Å². The fourth-order valence-electron chi connectivity index (χ4n) is 2.12. The third-order valence-electron chi connectivity index (χ3n) is 3.44. The highest BCUT2D eigenvalue weighted by molar-refractivity contribution is 5.72. The number of carboxylic acids is 1. The van der Waals surface area contributed by atoms with Crippen molar-refractivity contribution in [3.63, 3.8) is 0 Å². The van der Waals surface area contributed by atoms with Crippen molar-refractivity contribution in [1.82, 2.24) is 14.9 Å². The molecule has 0 spiro atoms. The van der Waals surface area contributed by atoms with Gasteiger partial charge in [-0.2, -0.15) is 13.2 Å². The molecule has 0 radical (unpaired) electrons. The average Bonchev–Trinajstić information content (AvgIpc) is 2.46. The summed E-state index contributed by atoms with van der Waals surface area (Å²) < 4.78 is 37.8. The largest absolute Gasteiger partial charge is 0.480 e. The van der Waals surface area contributed by atoms with Gasteiger partial charge < -0.3 is 10.0 Å². The Morgan fingerprint density at radius 3 is 2.48 bits per heavy atom. The Bertz CT molecular complexity index is 515. The van der Waals surface area contributed by atoms with Crippen LogP contribution in [-0.2, 0) is 11.0 Å². The van der Waals surface area contributed by atoms with Gasteiger partial charge in [0.05, 0.1) is 0 Å². The maximum Gasteiger partial charge on any atom is 0.433 e. The second-order valence-electron chi connectivity index (χ2n) is 4.78. The summed E-state index contributed by atoms with van der Waals surface area (Å²) in [6, 6.07) is 0.210. The van der Waals surface area contributed by atoms with Crippen molar-refractivity contribution in [1.29, 1.82) is 0 Å². The predicted octanol–water partition coefficient (Wildman–Crippen LogP) is 1.09. The summed E-state index contributed by atoms with van der Waals surface area (Å²) in [6.45, 7) is 3.23. The third kappa shape index (κ3) is 3.60. The molecule has 1 unspecified atom stereocenters. The van der Waals surface area contributed by atoms with Gasteiger partial charge in [-0.15, -0.1) is 0 Å². The molecule has 2 heterocycles. The molecule has 2 rings (SSSR count). The summed E-state index contributed by atoms with van der Waals surface area (Å²) >= 11 is 0. The van der Waals surface area contributed by atoms with E-state index in [1.165, 1.54) is 0 Å². The summed E-state index contributed by atoms with van der Waals surface area (Å²) in [5, 5.41) is 8.94. The normalized spacial score (nSPS) is 18.6. The molecule has 1 aromatic heterocycles. The molecule has 9 heteroatoms. The van der Waals surface area contributed by atoms with Gasteiger partial charge in [0.15, 0.2) is 0 Å². The minimum Gasteiger partial charge on any atom is -0.480 e.